The van der Waals surface area contributed by atoms with Crippen molar-refractivity contribution in [1.82, 2.24) is 15.1 Å². The second-order valence-corrected chi connectivity index (χ2v) is 7.98. The molecule has 6 heteroatoms. The number of carbonyl (C=O) groups is 2. The second kappa shape index (κ2) is 7.89. The number of nitrogens with zero attached hydrogens (tertiary/aromatic N) is 2. The van der Waals surface area contributed by atoms with E-state index < -0.39 is 0 Å². The maximum Gasteiger partial charge on any atom is 0.226 e. The average molecular weight is 371 g/mol. The number of ether oxygens (including phenoxy) is 1. The normalized spacial score (nSPS) is 25.1. The van der Waals surface area contributed by atoms with Crippen LogP contribution < -0.4 is 10.1 Å². The van der Waals surface area contributed by atoms with Gasteiger partial charge in [-0.05, 0) is 42.9 Å². The van der Waals surface area contributed by atoms with Crippen LogP contribution in [0.25, 0.3) is 0 Å². The number of nitrogens with one attached hydrogen (secondary N) is 1. The highest BCUT2D eigenvalue weighted by Crippen LogP contribution is 2.48. The van der Waals surface area contributed by atoms with Gasteiger partial charge in [0.15, 0.2) is 0 Å². The van der Waals surface area contributed by atoms with Crippen molar-refractivity contribution in [2.45, 2.75) is 37.6 Å². The summed E-state index contributed by atoms with van der Waals surface area (Å²) in [7, 11) is 1.66. The molecule has 1 N–H and O–H groups in total. The Morgan fingerprint density at radius 2 is 1.81 bits per heavy atom. The second-order valence-electron chi connectivity index (χ2n) is 7.98. The third kappa shape index (κ3) is 4.61. The Labute approximate surface area is 160 Å². The van der Waals surface area contributed by atoms with Gasteiger partial charge in [0.1, 0.15) is 5.75 Å². The molecule has 0 bridgehead atoms. The quantitative estimate of drug-likeness (QED) is 0.791. The van der Waals surface area contributed by atoms with Gasteiger partial charge in [0.25, 0.3) is 0 Å². The lowest BCUT2D eigenvalue weighted by Crippen LogP contribution is -2.49. The summed E-state index contributed by atoms with van der Waals surface area (Å²) in [4.78, 5) is 28.9. The van der Waals surface area contributed by atoms with Crippen molar-refractivity contribution >= 4 is 11.8 Å². The number of methoxy groups -OCH3 is 1. The molecule has 1 heterocycles. The number of piperazine rings is 1. The number of amides is 2. The molecule has 3 aliphatic rings. The summed E-state index contributed by atoms with van der Waals surface area (Å²) in [5.74, 6) is 1.80. The summed E-state index contributed by atoms with van der Waals surface area (Å²) < 4.78 is 5.20. The Hall–Kier alpha value is -2.08. The molecule has 27 heavy (non-hydrogen) atoms. The summed E-state index contributed by atoms with van der Waals surface area (Å²) in [5, 5.41) is 3.03. The van der Waals surface area contributed by atoms with E-state index >= 15 is 0 Å². The lowest BCUT2D eigenvalue weighted by atomic mass is 10.1. The molecule has 0 spiro atoms. The zero-order valence-corrected chi connectivity index (χ0v) is 16.0. The zero-order chi connectivity index (χ0) is 18.8. The average Bonchev–Trinajstić information content (AvgIpc) is 3.61. The van der Waals surface area contributed by atoms with Crippen LogP contribution >= 0.6 is 0 Å². The topological polar surface area (TPSA) is 61.9 Å². The van der Waals surface area contributed by atoms with Crippen molar-refractivity contribution < 1.29 is 14.3 Å². The fraction of sp³-hybridized carbons (Fsp3) is 0.619. The van der Waals surface area contributed by atoms with Gasteiger partial charge in [-0.2, -0.15) is 0 Å². The molecule has 0 unspecified atom stereocenters. The molecule has 6 nitrogen and oxygen atoms in total. The van der Waals surface area contributed by atoms with Crippen LogP contribution in [0.3, 0.4) is 0 Å². The summed E-state index contributed by atoms with van der Waals surface area (Å²) in [6.07, 6.45) is 3.77. The lowest BCUT2D eigenvalue weighted by Gasteiger charge is -2.34. The van der Waals surface area contributed by atoms with Crippen LogP contribution in [0.2, 0.25) is 0 Å². The minimum atomic E-state index is 0.134. The van der Waals surface area contributed by atoms with Gasteiger partial charge < -0.3 is 15.0 Å². The minimum absolute atomic E-state index is 0.134. The Bertz CT molecular complexity index is 678. The molecule has 2 atom stereocenters. The van der Waals surface area contributed by atoms with Crippen LogP contribution in [0.5, 0.6) is 5.75 Å². The van der Waals surface area contributed by atoms with Crippen molar-refractivity contribution in [2.75, 3.05) is 39.8 Å². The molecular weight excluding hydrogens is 342 g/mol. The number of hydrogen-bond donors (Lipinski definition) is 1. The van der Waals surface area contributed by atoms with Gasteiger partial charge in [0.05, 0.1) is 7.11 Å². The fourth-order valence-corrected chi connectivity index (χ4v) is 3.90. The minimum Gasteiger partial charge on any atom is -0.497 e. The first kappa shape index (κ1) is 18.3. The van der Waals surface area contributed by atoms with Crippen molar-refractivity contribution in [2.24, 2.45) is 5.92 Å². The molecule has 1 aliphatic heterocycles. The molecule has 2 aliphatic carbocycles. The Balaban J connectivity index is 1.19. The van der Waals surface area contributed by atoms with Crippen molar-refractivity contribution in [3.63, 3.8) is 0 Å². The lowest BCUT2D eigenvalue weighted by molar-refractivity contribution is -0.134. The Kier molecular flexibility index (Phi) is 5.34. The molecule has 2 amide bonds. The van der Waals surface area contributed by atoms with E-state index in [1.165, 1.54) is 5.56 Å². The van der Waals surface area contributed by atoms with E-state index in [1.807, 2.05) is 17.0 Å². The van der Waals surface area contributed by atoms with Crippen LogP contribution in [0.1, 0.15) is 37.2 Å². The maximum absolute atomic E-state index is 12.8. The first-order chi connectivity index (χ1) is 13.1. The van der Waals surface area contributed by atoms with Gasteiger partial charge in [0, 0.05) is 51.1 Å². The van der Waals surface area contributed by atoms with Gasteiger partial charge >= 0.3 is 0 Å². The standard InChI is InChI=1S/C21H29N3O3/c1-27-17-6-2-15(3-7-17)18-14-19(18)21(26)24-12-10-23(11-13-24)9-8-20(25)22-16-4-5-16/h2-3,6-7,16,18-19H,4-5,8-14H2,1H3,(H,22,25)/t18-,19-/m1/s1. The molecule has 2 saturated carbocycles. The summed E-state index contributed by atoms with van der Waals surface area (Å²) in [6.45, 7) is 4.06. The molecule has 4 rings (SSSR count). The zero-order valence-electron chi connectivity index (χ0n) is 16.0. The maximum atomic E-state index is 12.8. The Morgan fingerprint density at radius 1 is 1.11 bits per heavy atom. The fourth-order valence-electron chi connectivity index (χ4n) is 3.90. The van der Waals surface area contributed by atoms with E-state index in [1.54, 1.807) is 7.11 Å². The summed E-state index contributed by atoms with van der Waals surface area (Å²) >= 11 is 0. The number of rotatable bonds is 7. The van der Waals surface area contributed by atoms with Gasteiger partial charge in [0.2, 0.25) is 11.8 Å². The van der Waals surface area contributed by atoms with Gasteiger partial charge in [-0.15, -0.1) is 0 Å². The van der Waals surface area contributed by atoms with Crippen LogP contribution in [-0.2, 0) is 9.59 Å². The predicted octanol–water partition coefficient (Wildman–Crippen LogP) is 1.61. The monoisotopic (exact) mass is 371 g/mol. The van der Waals surface area contributed by atoms with E-state index in [0.29, 0.717) is 24.3 Å². The summed E-state index contributed by atoms with van der Waals surface area (Å²) in [5.41, 5.74) is 1.23. The van der Waals surface area contributed by atoms with E-state index in [0.717, 1.165) is 57.7 Å². The van der Waals surface area contributed by atoms with Crippen LogP contribution in [-0.4, -0.2) is 67.5 Å². The first-order valence-electron chi connectivity index (χ1n) is 10.1. The highest BCUT2D eigenvalue weighted by molar-refractivity contribution is 5.83. The molecule has 1 saturated heterocycles. The van der Waals surface area contributed by atoms with Crippen LogP contribution in [0, 0.1) is 5.92 Å². The molecule has 146 valence electrons. The molecule has 0 radical (unpaired) electrons. The smallest absolute Gasteiger partial charge is 0.226 e. The van der Waals surface area contributed by atoms with Gasteiger partial charge in [-0.1, -0.05) is 12.1 Å². The van der Waals surface area contributed by atoms with Crippen LogP contribution in [0.15, 0.2) is 24.3 Å². The predicted molar refractivity (Wildman–Crippen MR) is 103 cm³/mol. The SMILES string of the molecule is COc1ccc([C@H]2C[C@H]2C(=O)N2CCN(CCC(=O)NC3CC3)CC2)cc1. The van der Waals surface area contributed by atoms with Crippen LogP contribution in [0.4, 0.5) is 0 Å². The van der Waals surface area contributed by atoms with E-state index in [9.17, 15) is 9.59 Å². The van der Waals surface area contributed by atoms with Crippen molar-refractivity contribution in [3.05, 3.63) is 29.8 Å². The molecule has 0 aromatic heterocycles. The number of carbonyl (C=O) groups excluding carboxylic acids is 2. The first-order valence-corrected chi connectivity index (χ1v) is 10.1. The third-order valence-electron chi connectivity index (χ3n) is 5.93. The third-order valence-corrected chi connectivity index (χ3v) is 5.93. The highest BCUT2D eigenvalue weighted by atomic mass is 16.5. The van der Waals surface area contributed by atoms with Crippen molar-refractivity contribution in [3.8, 4) is 5.75 Å². The molecule has 1 aromatic rings. The van der Waals surface area contributed by atoms with Gasteiger partial charge in [-0.3, -0.25) is 14.5 Å². The van der Waals surface area contributed by atoms with Gasteiger partial charge in [-0.25, -0.2) is 0 Å². The summed E-state index contributed by atoms with van der Waals surface area (Å²) in [6, 6.07) is 8.51. The molecule has 1 aromatic carbocycles. The molecule has 3 fully saturated rings. The Morgan fingerprint density at radius 3 is 2.44 bits per heavy atom. The van der Waals surface area contributed by atoms with E-state index in [4.69, 9.17) is 4.74 Å². The number of benzene rings is 1. The highest BCUT2D eigenvalue weighted by Gasteiger charge is 2.46. The largest absolute Gasteiger partial charge is 0.497 e. The molecular formula is C21H29N3O3. The number of hydrogen-bond acceptors (Lipinski definition) is 4. The van der Waals surface area contributed by atoms with E-state index in [-0.39, 0.29) is 11.8 Å². The van der Waals surface area contributed by atoms with Crippen molar-refractivity contribution in [1.29, 1.82) is 0 Å². The van der Waals surface area contributed by atoms with E-state index in [2.05, 4.69) is 22.3 Å².